The van der Waals surface area contributed by atoms with Gasteiger partial charge in [-0.2, -0.15) is 0 Å². The second-order valence-corrected chi connectivity index (χ2v) is 6.41. The number of hydrogen-bond acceptors (Lipinski definition) is 4. The highest BCUT2D eigenvalue weighted by Gasteiger charge is 2.34. The Labute approximate surface area is 143 Å². The molecule has 24 heavy (non-hydrogen) atoms. The van der Waals surface area contributed by atoms with Crippen molar-refractivity contribution in [2.45, 2.75) is 38.8 Å². The minimum atomic E-state index is -0.550. The number of para-hydroxylation sites is 1. The van der Waals surface area contributed by atoms with Gasteiger partial charge in [-0.1, -0.05) is 18.2 Å². The van der Waals surface area contributed by atoms with Crippen LogP contribution in [0.1, 0.15) is 25.8 Å². The first kappa shape index (κ1) is 18.3. The van der Waals surface area contributed by atoms with E-state index >= 15 is 0 Å². The Morgan fingerprint density at radius 1 is 1.29 bits per heavy atom. The Hall–Kier alpha value is -2.08. The average Bonchev–Trinajstić information content (AvgIpc) is 2.59. The zero-order valence-electron chi connectivity index (χ0n) is 14.7. The maximum Gasteiger partial charge on any atom is 0.241 e. The summed E-state index contributed by atoms with van der Waals surface area (Å²) in [5.74, 6) is 0.306. The molecule has 0 radical (unpaired) electrons. The number of carbonyl (C=O) groups is 2. The van der Waals surface area contributed by atoms with Crippen molar-refractivity contribution in [2.75, 3.05) is 26.7 Å². The van der Waals surface area contributed by atoms with Gasteiger partial charge in [-0.05, 0) is 31.9 Å². The van der Waals surface area contributed by atoms with Crippen LogP contribution in [0.4, 0.5) is 0 Å². The molecule has 1 aliphatic rings. The van der Waals surface area contributed by atoms with E-state index in [1.165, 1.54) is 0 Å². The maximum atomic E-state index is 12.6. The lowest BCUT2D eigenvalue weighted by atomic mass is 10.1. The van der Waals surface area contributed by atoms with E-state index in [9.17, 15) is 9.59 Å². The molecule has 0 aliphatic carbocycles. The molecule has 1 saturated heterocycles. The molecule has 1 aromatic rings. The number of nitrogens with two attached hydrogens (primary N) is 1. The van der Waals surface area contributed by atoms with Crippen LogP contribution >= 0.6 is 0 Å². The van der Waals surface area contributed by atoms with Crippen molar-refractivity contribution in [1.29, 1.82) is 0 Å². The molecule has 1 heterocycles. The number of ether oxygens (including phenoxy) is 1. The Balaban J connectivity index is 2.01. The third kappa shape index (κ3) is 4.26. The number of methoxy groups -OCH3 is 1. The van der Waals surface area contributed by atoms with Crippen LogP contribution in [0, 0.1) is 0 Å². The smallest absolute Gasteiger partial charge is 0.241 e. The first-order valence-electron chi connectivity index (χ1n) is 8.38. The Bertz CT molecular complexity index is 589. The van der Waals surface area contributed by atoms with E-state index in [1.54, 1.807) is 12.0 Å². The lowest BCUT2D eigenvalue weighted by Gasteiger charge is -2.41. The molecule has 0 bridgehead atoms. The molecular weight excluding hydrogens is 306 g/mol. The van der Waals surface area contributed by atoms with Gasteiger partial charge in [0.25, 0.3) is 0 Å². The van der Waals surface area contributed by atoms with Gasteiger partial charge < -0.3 is 15.4 Å². The summed E-state index contributed by atoms with van der Waals surface area (Å²) in [7, 11) is 1.62. The Morgan fingerprint density at radius 3 is 2.62 bits per heavy atom. The third-order valence-electron chi connectivity index (χ3n) is 4.59. The van der Waals surface area contributed by atoms with E-state index in [0.717, 1.165) is 17.9 Å². The third-order valence-corrected chi connectivity index (χ3v) is 4.59. The zero-order chi connectivity index (χ0) is 17.7. The summed E-state index contributed by atoms with van der Waals surface area (Å²) in [4.78, 5) is 28.2. The van der Waals surface area contributed by atoms with E-state index in [0.29, 0.717) is 32.0 Å². The average molecular weight is 333 g/mol. The van der Waals surface area contributed by atoms with E-state index in [-0.39, 0.29) is 5.91 Å². The molecule has 1 fully saturated rings. The summed E-state index contributed by atoms with van der Waals surface area (Å²) >= 11 is 0. The van der Waals surface area contributed by atoms with Crippen molar-refractivity contribution < 1.29 is 14.3 Å². The molecular formula is C18H27N3O3. The molecule has 1 aliphatic heterocycles. The van der Waals surface area contributed by atoms with Crippen molar-refractivity contribution in [3.05, 3.63) is 29.8 Å². The second kappa shape index (κ2) is 8.15. The second-order valence-electron chi connectivity index (χ2n) is 6.41. The van der Waals surface area contributed by atoms with Crippen LogP contribution in [0.3, 0.4) is 0 Å². The van der Waals surface area contributed by atoms with Gasteiger partial charge in [-0.15, -0.1) is 0 Å². The highest BCUT2D eigenvalue weighted by atomic mass is 16.5. The zero-order valence-corrected chi connectivity index (χ0v) is 14.7. The standard InChI is InChI=1S/C18H27N3O3/c1-13(2)20-10-11-21(15(12-20)18(19)23)17(22)9-8-14-6-4-5-7-16(14)24-3/h4-7,13,15H,8-12H2,1-3H3,(H2,19,23)/t15-/m1/s1. The number of nitrogens with zero attached hydrogens (tertiary/aromatic N) is 2. The molecule has 2 amide bonds. The number of piperazine rings is 1. The highest BCUT2D eigenvalue weighted by molar-refractivity contribution is 5.87. The van der Waals surface area contributed by atoms with Crippen LogP contribution in [0.15, 0.2) is 24.3 Å². The number of primary amides is 1. The summed E-state index contributed by atoms with van der Waals surface area (Å²) in [6.07, 6.45) is 0.921. The molecule has 2 N–H and O–H groups in total. The van der Waals surface area contributed by atoms with Gasteiger partial charge in [-0.3, -0.25) is 14.5 Å². The number of hydrogen-bond donors (Lipinski definition) is 1. The molecule has 2 rings (SSSR count). The molecule has 0 saturated carbocycles. The fourth-order valence-electron chi connectivity index (χ4n) is 3.11. The summed E-state index contributed by atoms with van der Waals surface area (Å²) in [5, 5.41) is 0. The van der Waals surface area contributed by atoms with E-state index in [2.05, 4.69) is 18.7 Å². The molecule has 0 aromatic heterocycles. The van der Waals surface area contributed by atoms with Crippen LogP contribution in [0.5, 0.6) is 5.75 Å². The number of aryl methyl sites for hydroxylation is 1. The SMILES string of the molecule is COc1ccccc1CCC(=O)N1CCN(C(C)C)C[C@@H]1C(N)=O. The number of carbonyl (C=O) groups excluding carboxylic acids is 2. The number of amides is 2. The molecule has 1 aromatic carbocycles. The topological polar surface area (TPSA) is 75.9 Å². The van der Waals surface area contributed by atoms with Crippen LogP contribution in [-0.2, 0) is 16.0 Å². The molecule has 6 heteroatoms. The van der Waals surface area contributed by atoms with Crippen molar-refractivity contribution in [3.8, 4) is 5.75 Å². The Kier molecular flexibility index (Phi) is 6.20. The normalized spacial score (nSPS) is 18.7. The van der Waals surface area contributed by atoms with Crippen LogP contribution in [0.25, 0.3) is 0 Å². The van der Waals surface area contributed by atoms with Gasteiger partial charge in [0.05, 0.1) is 7.11 Å². The number of rotatable bonds is 6. The van der Waals surface area contributed by atoms with Crippen molar-refractivity contribution in [1.82, 2.24) is 9.80 Å². The van der Waals surface area contributed by atoms with E-state index in [4.69, 9.17) is 10.5 Å². The predicted octanol–water partition coefficient (Wildman–Crippen LogP) is 1.03. The number of benzene rings is 1. The lowest BCUT2D eigenvalue weighted by molar-refractivity contribution is -0.143. The van der Waals surface area contributed by atoms with Crippen LogP contribution in [0.2, 0.25) is 0 Å². The van der Waals surface area contributed by atoms with Crippen molar-refractivity contribution >= 4 is 11.8 Å². The summed E-state index contributed by atoms with van der Waals surface area (Å²) in [6.45, 7) is 5.97. The minimum Gasteiger partial charge on any atom is -0.496 e. The van der Waals surface area contributed by atoms with Gasteiger partial charge in [-0.25, -0.2) is 0 Å². The first-order valence-corrected chi connectivity index (χ1v) is 8.38. The summed E-state index contributed by atoms with van der Waals surface area (Å²) in [6, 6.07) is 7.44. The molecule has 6 nitrogen and oxygen atoms in total. The maximum absolute atomic E-state index is 12.6. The first-order chi connectivity index (χ1) is 11.4. The van der Waals surface area contributed by atoms with Crippen LogP contribution in [-0.4, -0.2) is 60.4 Å². The molecule has 1 atom stereocenters. The van der Waals surface area contributed by atoms with Gasteiger partial charge in [0, 0.05) is 32.1 Å². The van der Waals surface area contributed by atoms with E-state index in [1.807, 2.05) is 24.3 Å². The molecule has 0 spiro atoms. The monoisotopic (exact) mass is 333 g/mol. The van der Waals surface area contributed by atoms with Crippen molar-refractivity contribution in [2.24, 2.45) is 5.73 Å². The van der Waals surface area contributed by atoms with Gasteiger partial charge >= 0.3 is 0 Å². The fraction of sp³-hybridized carbons (Fsp3) is 0.556. The van der Waals surface area contributed by atoms with Gasteiger partial charge in [0.2, 0.25) is 11.8 Å². The largest absolute Gasteiger partial charge is 0.496 e. The quantitative estimate of drug-likeness (QED) is 0.844. The Morgan fingerprint density at radius 2 is 2.00 bits per heavy atom. The van der Waals surface area contributed by atoms with Crippen molar-refractivity contribution in [3.63, 3.8) is 0 Å². The summed E-state index contributed by atoms with van der Waals surface area (Å²) in [5.41, 5.74) is 6.52. The van der Waals surface area contributed by atoms with E-state index < -0.39 is 11.9 Å². The predicted molar refractivity (Wildman–Crippen MR) is 92.7 cm³/mol. The van der Waals surface area contributed by atoms with Gasteiger partial charge in [0.1, 0.15) is 11.8 Å². The fourth-order valence-corrected chi connectivity index (χ4v) is 3.11. The van der Waals surface area contributed by atoms with Crippen LogP contribution < -0.4 is 10.5 Å². The highest BCUT2D eigenvalue weighted by Crippen LogP contribution is 2.20. The summed E-state index contributed by atoms with van der Waals surface area (Å²) < 4.78 is 5.32. The van der Waals surface area contributed by atoms with Gasteiger partial charge in [0.15, 0.2) is 0 Å². The molecule has 132 valence electrons. The minimum absolute atomic E-state index is 0.0342. The molecule has 0 unspecified atom stereocenters. The lowest BCUT2D eigenvalue weighted by Crippen LogP contribution is -2.61.